The Morgan fingerprint density at radius 3 is 2.68 bits per heavy atom. The predicted octanol–water partition coefficient (Wildman–Crippen LogP) is 5.09. The normalized spacial score (nSPS) is 10.6. The Bertz CT molecular complexity index is 634. The zero-order chi connectivity index (χ0) is 15.8. The number of nitriles is 1. The van der Waals surface area contributed by atoms with Crippen molar-refractivity contribution in [1.82, 2.24) is 9.78 Å². The molecule has 0 radical (unpaired) electrons. The molecule has 0 bridgehead atoms. The van der Waals surface area contributed by atoms with Crippen LogP contribution in [0.1, 0.15) is 56.6 Å². The Labute approximate surface area is 133 Å². The summed E-state index contributed by atoms with van der Waals surface area (Å²) in [5.74, 6) is 0. The average Bonchev–Trinajstić information content (AvgIpc) is 3.00. The van der Waals surface area contributed by atoms with Crippen LogP contribution in [-0.2, 0) is 6.54 Å². The van der Waals surface area contributed by atoms with Crippen LogP contribution in [-0.4, -0.2) is 9.78 Å². The summed E-state index contributed by atoms with van der Waals surface area (Å²) in [6.45, 7) is 5.29. The molecule has 0 aliphatic rings. The molecule has 0 atom stereocenters. The molecule has 1 heterocycles. The summed E-state index contributed by atoms with van der Waals surface area (Å²) < 4.78 is 2.02. The summed E-state index contributed by atoms with van der Waals surface area (Å²) in [6, 6.07) is 8.01. The van der Waals surface area contributed by atoms with Crippen LogP contribution in [0.15, 0.2) is 30.6 Å². The minimum atomic E-state index is 0.698. The first-order chi connectivity index (χ1) is 10.7. The fourth-order valence-corrected chi connectivity index (χ4v) is 2.68. The molecule has 0 spiro atoms. The van der Waals surface area contributed by atoms with Crippen molar-refractivity contribution in [2.24, 2.45) is 0 Å². The highest BCUT2D eigenvalue weighted by molar-refractivity contribution is 5.67. The molecule has 22 heavy (non-hydrogen) atoms. The van der Waals surface area contributed by atoms with E-state index in [4.69, 9.17) is 5.26 Å². The van der Waals surface area contributed by atoms with Crippen LogP contribution in [0.25, 0.3) is 11.1 Å². The van der Waals surface area contributed by atoms with Gasteiger partial charge in [0.1, 0.15) is 0 Å². The molecule has 2 aromatic rings. The van der Waals surface area contributed by atoms with Crippen LogP contribution >= 0.6 is 0 Å². The van der Waals surface area contributed by atoms with E-state index in [1.165, 1.54) is 44.1 Å². The summed E-state index contributed by atoms with van der Waals surface area (Å²) in [4.78, 5) is 0. The van der Waals surface area contributed by atoms with E-state index in [1.807, 2.05) is 29.1 Å². The van der Waals surface area contributed by atoms with Crippen molar-refractivity contribution in [3.8, 4) is 17.2 Å². The van der Waals surface area contributed by atoms with Crippen molar-refractivity contribution in [3.63, 3.8) is 0 Å². The fraction of sp³-hybridized carbons (Fsp3) is 0.474. The van der Waals surface area contributed by atoms with Gasteiger partial charge in [-0.15, -0.1) is 0 Å². The van der Waals surface area contributed by atoms with Crippen LogP contribution in [0.2, 0.25) is 0 Å². The number of hydrogen-bond donors (Lipinski definition) is 0. The fourth-order valence-electron chi connectivity index (χ4n) is 2.68. The van der Waals surface area contributed by atoms with Gasteiger partial charge in [-0.2, -0.15) is 10.4 Å². The zero-order valence-electron chi connectivity index (χ0n) is 13.7. The molecular weight excluding hydrogens is 270 g/mol. The molecule has 116 valence electrons. The van der Waals surface area contributed by atoms with Crippen molar-refractivity contribution in [2.45, 2.75) is 58.9 Å². The van der Waals surface area contributed by atoms with Gasteiger partial charge in [0.05, 0.1) is 17.8 Å². The third kappa shape index (κ3) is 4.46. The highest BCUT2D eigenvalue weighted by Gasteiger charge is 2.06. The van der Waals surface area contributed by atoms with E-state index < -0.39 is 0 Å². The van der Waals surface area contributed by atoms with Gasteiger partial charge in [0, 0.05) is 18.3 Å². The Morgan fingerprint density at radius 1 is 1.14 bits per heavy atom. The van der Waals surface area contributed by atoms with Crippen molar-refractivity contribution < 1.29 is 0 Å². The van der Waals surface area contributed by atoms with Crippen LogP contribution in [0.5, 0.6) is 0 Å². The second-order valence-corrected chi connectivity index (χ2v) is 5.90. The first-order valence-corrected chi connectivity index (χ1v) is 8.28. The summed E-state index contributed by atoms with van der Waals surface area (Å²) in [6.07, 6.45) is 11.8. The molecule has 0 N–H and O–H groups in total. The van der Waals surface area contributed by atoms with E-state index >= 15 is 0 Å². The van der Waals surface area contributed by atoms with E-state index in [0.29, 0.717) is 5.56 Å². The van der Waals surface area contributed by atoms with E-state index in [0.717, 1.165) is 17.7 Å². The molecule has 0 saturated heterocycles. The Morgan fingerprint density at radius 2 is 1.91 bits per heavy atom. The summed E-state index contributed by atoms with van der Waals surface area (Å²) in [5.41, 5.74) is 4.08. The minimum Gasteiger partial charge on any atom is -0.272 e. The molecule has 3 nitrogen and oxygen atoms in total. The van der Waals surface area contributed by atoms with Crippen LogP contribution in [0.3, 0.4) is 0 Å². The standard InChI is InChI=1S/C19H25N3/c1-3-4-5-6-7-8-11-22-15-18(14-21-22)19-12-17(13-20)10-9-16(19)2/h9-10,12,14-15H,3-8,11H2,1-2H3. The Hall–Kier alpha value is -2.08. The predicted molar refractivity (Wildman–Crippen MR) is 90.5 cm³/mol. The first kappa shape index (κ1) is 16.3. The van der Waals surface area contributed by atoms with Crippen LogP contribution < -0.4 is 0 Å². The lowest BCUT2D eigenvalue weighted by molar-refractivity contribution is 0.527. The molecule has 0 fully saturated rings. The molecule has 3 heteroatoms. The van der Waals surface area contributed by atoms with E-state index in [1.54, 1.807) is 0 Å². The van der Waals surface area contributed by atoms with Gasteiger partial charge in [-0.1, -0.05) is 45.1 Å². The molecule has 0 unspecified atom stereocenters. The maximum absolute atomic E-state index is 9.04. The number of benzene rings is 1. The molecule has 2 rings (SSSR count). The SMILES string of the molecule is CCCCCCCCn1cc(-c2cc(C#N)ccc2C)cn1. The summed E-state index contributed by atoms with van der Waals surface area (Å²) in [5, 5.41) is 13.5. The lowest BCUT2D eigenvalue weighted by atomic mass is 10.0. The van der Waals surface area contributed by atoms with E-state index in [-0.39, 0.29) is 0 Å². The Kier molecular flexibility index (Phi) is 6.21. The van der Waals surface area contributed by atoms with Gasteiger partial charge in [-0.05, 0) is 36.6 Å². The van der Waals surface area contributed by atoms with Crippen molar-refractivity contribution >= 4 is 0 Å². The van der Waals surface area contributed by atoms with Crippen LogP contribution in [0, 0.1) is 18.3 Å². The number of rotatable bonds is 8. The second-order valence-electron chi connectivity index (χ2n) is 5.90. The summed E-state index contributed by atoms with van der Waals surface area (Å²) >= 11 is 0. The molecule has 0 saturated carbocycles. The third-order valence-corrected chi connectivity index (χ3v) is 4.05. The van der Waals surface area contributed by atoms with E-state index in [9.17, 15) is 0 Å². The second kappa shape index (κ2) is 8.38. The third-order valence-electron chi connectivity index (χ3n) is 4.05. The van der Waals surface area contributed by atoms with Crippen molar-refractivity contribution in [3.05, 3.63) is 41.7 Å². The van der Waals surface area contributed by atoms with Gasteiger partial charge in [0.2, 0.25) is 0 Å². The lowest BCUT2D eigenvalue weighted by Gasteiger charge is -2.04. The number of nitrogens with zero attached hydrogens (tertiary/aromatic N) is 3. The maximum atomic E-state index is 9.04. The molecule has 1 aromatic carbocycles. The largest absolute Gasteiger partial charge is 0.272 e. The van der Waals surface area contributed by atoms with Gasteiger partial charge in [-0.3, -0.25) is 4.68 Å². The highest BCUT2D eigenvalue weighted by atomic mass is 15.3. The van der Waals surface area contributed by atoms with Crippen molar-refractivity contribution in [1.29, 1.82) is 5.26 Å². The minimum absolute atomic E-state index is 0.698. The molecule has 0 aliphatic carbocycles. The van der Waals surface area contributed by atoms with Gasteiger partial charge < -0.3 is 0 Å². The number of hydrogen-bond acceptors (Lipinski definition) is 2. The molecule has 0 amide bonds. The first-order valence-electron chi connectivity index (χ1n) is 8.28. The average molecular weight is 295 g/mol. The smallest absolute Gasteiger partial charge is 0.0991 e. The van der Waals surface area contributed by atoms with E-state index in [2.05, 4.69) is 31.2 Å². The van der Waals surface area contributed by atoms with Gasteiger partial charge in [0.25, 0.3) is 0 Å². The number of aromatic nitrogens is 2. The quantitative estimate of drug-likeness (QED) is 0.636. The van der Waals surface area contributed by atoms with Gasteiger partial charge in [-0.25, -0.2) is 0 Å². The van der Waals surface area contributed by atoms with Gasteiger partial charge in [0.15, 0.2) is 0 Å². The maximum Gasteiger partial charge on any atom is 0.0991 e. The number of unbranched alkanes of at least 4 members (excludes halogenated alkanes) is 5. The zero-order valence-corrected chi connectivity index (χ0v) is 13.7. The number of aryl methyl sites for hydroxylation is 2. The molecule has 1 aromatic heterocycles. The topological polar surface area (TPSA) is 41.6 Å². The van der Waals surface area contributed by atoms with Gasteiger partial charge >= 0.3 is 0 Å². The van der Waals surface area contributed by atoms with Crippen LogP contribution in [0.4, 0.5) is 0 Å². The summed E-state index contributed by atoms with van der Waals surface area (Å²) in [7, 11) is 0. The highest BCUT2D eigenvalue weighted by Crippen LogP contribution is 2.24. The Balaban J connectivity index is 1.93. The lowest BCUT2D eigenvalue weighted by Crippen LogP contribution is -1.97. The monoisotopic (exact) mass is 295 g/mol. The van der Waals surface area contributed by atoms with Crippen molar-refractivity contribution in [2.75, 3.05) is 0 Å². The molecular formula is C19H25N3. The molecule has 0 aliphatic heterocycles.